The van der Waals surface area contributed by atoms with Crippen molar-refractivity contribution in [3.8, 4) is 0 Å². The summed E-state index contributed by atoms with van der Waals surface area (Å²) in [5.74, 6) is 0.314. The first-order valence-corrected chi connectivity index (χ1v) is 5.67. The van der Waals surface area contributed by atoms with Gasteiger partial charge in [0.05, 0.1) is 12.5 Å². The second kappa shape index (κ2) is 5.45. The Balaban J connectivity index is 1.98. The van der Waals surface area contributed by atoms with Crippen molar-refractivity contribution in [1.29, 1.82) is 0 Å². The molecule has 0 spiro atoms. The summed E-state index contributed by atoms with van der Waals surface area (Å²) >= 11 is 3.30. The van der Waals surface area contributed by atoms with Gasteiger partial charge in [0, 0.05) is 10.0 Å². The molecule has 0 atom stereocenters. The molecule has 2 rings (SSSR count). The number of carbonyl (C=O) groups excluding carboxylic acids is 1. The molecule has 0 fully saturated rings. The van der Waals surface area contributed by atoms with Gasteiger partial charge >= 0.3 is 0 Å². The number of amides is 1. The molecule has 0 aliphatic carbocycles. The molecule has 1 aromatic carbocycles. The van der Waals surface area contributed by atoms with Crippen molar-refractivity contribution in [3.05, 3.63) is 58.5 Å². The third-order valence-electron chi connectivity index (χ3n) is 1.99. The molecule has 0 unspecified atom stereocenters. The van der Waals surface area contributed by atoms with Crippen LogP contribution >= 0.6 is 15.9 Å². The molecule has 4 nitrogen and oxygen atoms in total. The van der Waals surface area contributed by atoms with Crippen molar-refractivity contribution in [3.63, 3.8) is 0 Å². The molecule has 0 bridgehead atoms. The van der Waals surface area contributed by atoms with Crippen LogP contribution in [0.5, 0.6) is 0 Å². The van der Waals surface area contributed by atoms with Crippen molar-refractivity contribution < 1.29 is 9.21 Å². The van der Waals surface area contributed by atoms with E-state index < -0.39 is 0 Å². The number of rotatable bonds is 3. The van der Waals surface area contributed by atoms with Crippen LogP contribution in [0.4, 0.5) is 0 Å². The van der Waals surface area contributed by atoms with Gasteiger partial charge in [0.15, 0.2) is 0 Å². The van der Waals surface area contributed by atoms with Crippen LogP contribution in [-0.4, -0.2) is 12.1 Å². The lowest BCUT2D eigenvalue weighted by molar-refractivity contribution is 0.0955. The Morgan fingerprint density at radius 2 is 2.24 bits per heavy atom. The van der Waals surface area contributed by atoms with Crippen LogP contribution in [0.3, 0.4) is 0 Å². The van der Waals surface area contributed by atoms with Crippen molar-refractivity contribution in [2.24, 2.45) is 5.10 Å². The molecule has 1 heterocycles. The van der Waals surface area contributed by atoms with Gasteiger partial charge in [-0.3, -0.25) is 4.79 Å². The largest absolute Gasteiger partial charge is 0.463 e. The van der Waals surface area contributed by atoms with Gasteiger partial charge in [-0.1, -0.05) is 22.0 Å². The standard InChI is InChI=1S/C12H9BrN2O2/c13-10-4-1-3-9(7-10)12(16)15-14-8-11-5-2-6-17-11/h1-8H,(H,15,16)/b14-8-. The zero-order valence-corrected chi connectivity index (χ0v) is 10.3. The average Bonchev–Trinajstić information content (AvgIpc) is 2.82. The van der Waals surface area contributed by atoms with E-state index >= 15 is 0 Å². The highest BCUT2D eigenvalue weighted by atomic mass is 79.9. The van der Waals surface area contributed by atoms with E-state index in [1.807, 2.05) is 6.07 Å². The SMILES string of the molecule is O=C(N/N=C\c1ccco1)c1cccc(Br)c1. The second-order valence-electron chi connectivity index (χ2n) is 3.22. The molecule has 17 heavy (non-hydrogen) atoms. The molecule has 0 radical (unpaired) electrons. The van der Waals surface area contributed by atoms with Gasteiger partial charge in [-0.05, 0) is 30.3 Å². The fourth-order valence-corrected chi connectivity index (χ4v) is 1.61. The van der Waals surface area contributed by atoms with Crippen LogP contribution < -0.4 is 5.43 Å². The number of nitrogens with one attached hydrogen (secondary N) is 1. The minimum absolute atomic E-state index is 0.269. The number of hydrogen-bond donors (Lipinski definition) is 1. The molecule has 0 saturated carbocycles. The maximum atomic E-state index is 11.6. The topological polar surface area (TPSA) is 54.6 Å². The molecule has 86 valence electrons. The van der Waals surface area contributed by atoms with E-state index in [9.17, 15) is 4.79 Å². The molecule has 1 aromatic heterocycles. The van der Waals surface area contributed by atoms with Gasteiger partial charge in [0.1, 0.15) is 5.76 Å². The Labute approximate surface area is 106 Å². The highest BCUT2D eigenvalue weighted by Gasteiger charge is 2.03. The van der Waals surface area contributed by atoms with E-state index in [1.54, 1.807) is 30.3 Å². The predicted octanol–water partition coefficient (Wildman–Crippen LogP) is 2.81. The molecule has 0 aliphatic heterocycles. The van der Waals surface area contributed by atoms with E-state index in [1.165, 1.54) is 12.5 Å². The molecule has 2 aromatic rings. The highest BCUT2D eigenvalue weighted by molar-refractivity contribution is 9.10. The minimum Gasteiger partial charge on any atom is -0.463 e. The van der Waals surface area contributed by atoms with Crippen molar-refractivity contribution in [1.82, 2.24) is 5.43 Å². The Morgan fingerprint density at radius 3 is 2.94 bits per heavy atom. The first kappa shape index (κ1) is 11.6. The lowest BCUT2D eigenvalue weighted by Crippen LogP contribution is -2.17. The van der Waals surface area contributed by atoms with Crippen molar-refractivity contribution in [2.75, 3.05) is 0 Å². The van der Waals surface area contributed by atoms with Crippen LogP contribution in [0.25, 0.3) is 0 Å². The van der Waals surface area contributed by atoms with Gasteiger partial charge in [-0.25, -0.2) is 5.43 Å². The van der Waals surface area contributed by atoms with E-state index in [-0.39, 0.29) is 5.91 Å². The Bertz CT molecular complexity index is 535. The lowest BCUT2D eigenvalue weighted by atomic mass is 10.2. The van der Waals surface area contributed by atoms with Gasteiger partial charge in [0.25, 0.3) is 5.91 Å². The average molecular weight is 293 g/mol. The molecular formula is C12H9BrN2O2. The summed E-state index contributed by atoms with van der Waals surface area (Å²) in [6.07, 6.45) is 2.98. The first-order valence-electron chi connectivity index (χ1n) is 4.88. The molecule has 5 heteroatoms. The number of hydrazone groups is 1. The number of halogens is 1. The first-order chi connectivity index (χ1) is 8.25. The lowest BCUT2D eigenvalue weighted by Gasteiger charge is -1.99. The van der Waals surface area contributed by atoms with Crippen LogP contribution in [0, 0.1) is 0 Å². The Morgan fingerprint density at radius 1 is 1.35 bits per heavy atom. The maximum absolute atomic E-state index is 11.6. The van der Waals surface area contributed by atoms with Crippen LogP contribution in [0.1, 0.15) is 16.1 Å². The van der Waals surface area contributed by atoms with Gasteiger partial charge in [0.2, 0.25) is 0 Å². The number of hydrogen-bond acceptors (Lipinski definition) is 3. The summed E-state index contributed by atoms with van der Waals surface area (Å²) in [6, 6.07) is 10.6. The summed E-state index contributed by atoms with van der Waals surface area (Å²) < 4.78 is 5.88. The van der Waals surface area contributed by atoms with E-state index in [0.29, 0.717) is 11.3 Å². The smallest absolute Gasteiger partial charge is 0.271 e. The summed E-state index contributed by atoms with van der Waals surface area (Å²) in [6.45, 7) is 0. The predicted molar refractivity (Wildman–Crippen MR) is 67.9 cm³/mol. The van der Waals surface area contributed by atoms with E-state index in [2.05, 4.69) is 26.5 Å². The number of nitrogens with zero attached hydrogens (tertiary/aromatic N) is 1. The van der Waals surface area contributed by atoms with Crippen molar-refractivity contribution in [2.45, 2.75) is 0 Å². The molecule has 0 aliphatic rings. The third-order valence-corrected chi connectivity index (χ3v) is 2.48. The van der Waals surface area contributed by atoms with Crippen LogP contribution in [-0.2, 0) is 0 Å². The highest BCUT2D eigenvalue weighted by Crippen LogP contribution is 2.11. The number of carbonyl (C=O) groups is 1. The number of furan rings is 1. The molecule has 1 amide bonds. The fraction of sp³-hybridized carbons (Fsp3) is 0. The summed E-state index contributed by atoms with van der Waals surface area (Å²) in [5, 5.41) is 3.79. The van der Waals surface area contributed by atoms with Gasteiger partial charge in [-0.2, -0.15) is 5.10 Å². The molecule has 1 N–H and O–H groups in total. The summed E-state index contributed by atoms with van der Waals surface area (Å²) in [7, 11) is 0. The molecular weight excluding hydrogens is 284 g/mol. The van der Waals surface area contributed by atoms with E-state index in [4.69, 9.17) is 4.42 Å². The van der Waals surface area contributed by atoms with Crippen LogP contribution in [0.2, 0.25) is 0 Å². The monoisotopic (exact) mass is 292 g/mol. The minimum atomic E-state index is -0.269. The van der Waals surface area contributed by atoms with Crippen LogP contribution in [0.15, 0.2) is 56.7 Å². The third kappa shape index (κ3) is 3.29. The summed E-state index contributed by atoms with van der Waals surface area (Å²) in [5.41, 5.74) is 2.95. The maximum Gasteiger partial charge on any atom is 0.271 e. The van der Waals surface area contributed by atoms with Gasteiger partial charge in [-0.15, -0.1) is 0 Å². The summed E-state index contributed by atoms with van der Waals surface area (Å²) in [4.78, 5) is 11.6. The second-order valence-corrected chi connectivity index (χ2v) is 4.14. The quantitative estimate of drug-likeness (QED) is 0.699. The fourth-order valence-electron chi connectivity index (χ4n) is 1.21. The zero-order valence-electron chi connectivity index (χ0n) is 8.76. The Hall–Kier alpha value is -1.88. The number of benzene rings is 1. The van der Waals surface area contributed by atoms with Crippen molar-refractivity contribution >= 4 is 28.1 Å². The van der Waals surface area contributed by atoms with Gasteiger partial charge < -0.3 is 4.42 Å². The van der Waals surface area contributed by atoms with E-state index in [0.717, 1.165) is 4.47 Å². The zero-order chi connectivity index (χ0) is 12.1. The molecule has 0 saturated heterocycles. The normalized spacial score (nSPS) is 10.6. The Kier molecular flexibility index (Phi) is 3.72.